The van der Waals surface area contributed by atoms with Crippen LogP contribution in [-0.4, -0.2) is 45.4 Å². The maximum Gasteiger partial charge on any atom is 0.244 e. The molecule has 0 aliphatic rings. The fourth-order valence-corrected chi connectivity index (χ4v) is 2.49. The number of carbonyl (C=O) groups is 1. The van der Waals surface area contributed by atoms with E-state index in [1.54, 1.807) is 9.58 Å². The zero-order chi connectivity index (χ0) is 17.5. The third kappa shape index (κ3) is 4.55. The van der Waals surface area contributed by atoms with Gasteiger partial charge in [-0.05, 0) is 31.9 Å². The lowest BCUT2D eigenvalue weighted by atomic mass is 10.2. The first kappa shape index (κ1) is 17.9. The zero-order valence-electron chi connectivity index (χ0n) is 14.6. The number of amides is 1. The first-order valence-corrected chi connectivity index (χ1v) is 8.13. The summed E-state index contributed by atoms with van der Waals surface area (Å²) < 4.78 is 1.73. The van der Waals surface area contributed by atoms with Crippen LogP contribution in [0.25, 0.3) is 6.08 Å². The van der Waals surface area contributed by atoms with Crippen LogP contribution in [0, 0.1) is 20.8 Å². The molecule has 0 fully saturated rings. The quantitative estimate of drug-likeness (QED) is 0.849. The summed E-state index contributed by atoms with van der Waals surface area (Å²) >= 11 is 0. The minimum atomic E-state index is -0.0545. The molecule has 1 amide bonds. The summed E-state index contributed by atoms with van der Waals surface area (Å²) in [5, 5.41) is 13.6. The monoisotopic (exact) mass is 327 g/mol. The first-order chi connectivity index (χ1) is 11.5. The van der Waals surface area contributed by atoms with E-state index in [1.807, 2.05) is 63.3 Å². The van der Waals surface area contributed by atoms with Crippen molar-refractivity contribution in [1.29, 1.82) is 0 Å². The number of aliphatic hydroxyl groups is 1. The number of benzene rings is 1. The van der Waals surface area contributed by atoms with E-state index in [0.717, 1.165) is 22.5 Å². The molecule has 0 aliphatic heterocycles. The largest absolute Gasteiger partial charge is 0.395 e. The minimum absolute atomic E-state index is 0.0487. The average molecular weight is 327 g/mol. The van der Waals surface area contributed by atoms with Crippen molar-refractivity contribution in [2.45, 2.75) is 27.3 Å². The van der Waals surface area contributed by atoms with Crippen molar-refractivity contribution in [2.24, 2.45) is 0 Å². The smallest absolute Gasteiger partial charge is 0.244 e. The molecule has 0 bridgehead atoms. The van der Waals surface area contributed by atoms with Gasteiger partial charge in [-0.2, -0.15) is 5.10 Å². The summed E-state index contributed by atoms with van der Waals surface area (Å²) in [6, 6.07) is 9.93. The summed E-state index contributed by atoms with van der Waals surface area (Å²) in [7, 11) is 0. The van der Waals surface area contributed by atoms with E-state index in [2.05, 4.69) is 5.10 Å². The highest BCUT2D eigenvalue weighted by Gasteiger charge is 2.15. The molecule has 0 spiro atoms. The van der Waals surface area contributed by atoms with Crippen molar-refractivity contribution < 1.29 is 9.90 Å². The van der Waals surface area contributed by atoms with E-state index in [1.165, 1.54) is 0 Å². The lowest BCUT2D eigenvalue weighted by Crippen LogP contribution is -2.36. The van der Waals surface area contributed by atoms with Crippen molar-refractivity contribution in [3.05, 3.63) is 58.9 Å². The van der Waals surface area contributed by atoms with E-state index >= 15 is 0 Å². The summed E-state index contributed by atoms with van der Waals surface area (Å²) in [5.41, 5.74) is 4.14. The molecule has 0 saturated carbocycles. The van der Waals surface area contributed by atoms with Gasteiger partial charge in [-0.3, -0.25) is 9.48 Å². The first-order valence-electron chi connectivity index (χ1n) is 8.13. The Kier molecular flexibility index (Phi) is 6.32. The van der Waals surface area contributed by atoms with Gasteiger partial charge in [0.1, 0.15) is 6.54 Å². The van der Waals surface area contributed by atoms with Gasteiger partial charge in [-0.1, -0.05) is 42.5 Å². The molecule has 0 saturated heterocycles. The van der Waals surface area contributed by atoms with Crippen molar-refractivity contribution in [3.63, 3.8) is 0 Å². The number of carbonyl (C=O) groups excluding carboxylic acids is 1. The molecule has 1 aromatic carbocycles. The predicted octanol–water partition coefficient (Wildman–Crippen LogP) is 2.34. The summed E-state index contributed by atoms with van der Waals surface area (Å²) in [4.78, 5) is 14.2. The van der Waals surface area contributed by atoms with Crippen molar-refractivity contribution >= 4 is 12.0 Å². The molecule has 1 aromatic heterocycles. The summed E-state index contributed by atoms with van der Waals surface area (Å²) in [6.07, 6.45) is 3.92. The van der Waals surface area contributed by atoms with Crippen LogP contribution in [0.15, 0.2) is 36.4 Å². The SMILES string of the molecule is Cc1nn(CC(=O)N(C/C=C/c2ccccc2)CCO)c(C)c1C. The van der Waals surface area contributed by atoms with Crippen molar-refractivity contribution in [2.75, 3.05) is 19.7 Å². The van der Waals surface area contributed by atoms with Gasteiger partial charge in [0.05, 0.1) is 12.3 Å². The van der Waals surface area contributed by atoms with E-state index in [-0.39, 0.29) is 19.1 Å². The predicted molar refractivity (Wildman–Crippen MR) is 95.6 cm³/mol. The molecule has 24 heavy (non-hydrogen) atoms. The Balaban J connectivity index is 2.02. The van der Waals surface area contributed by atoms with Gasteiger partial charge in [0, 0.05) is 18.8 Å². The topological polar surface area (TPSA) is 58.4 Å². The third-order valence-corrected chi connectivity index (χ3v) is 4.19. The summed E-state index contributed by atoms with van der Waals surface area (Å²) in [5.74, 6) is -0.0487. The van der Waals surface area contributed by atoms with Crippen LogP contribution in [0.5, 0.6) is 0 Å². The fraction of sp³-hybridized carbons (Fsp3) is 0.368. The lowest BCUT2D eigenvalue weighted by Gasteiger charge is -2.20. The zero-order valence-corrected chi connectivity index (χ0v) is 14.6. The van der Waals surface area contributed by atoms with Gasteiger partial charge >= 0.3 is 0 Å². The normalized spacial score (nSPS) is 11.2. The van der Waals surface area contributed by atoms with Gasteiger partial charge in [-0.25, -0.2) is 0 Å². The van der Waals surface area contributed by atoms with Crippen LogP contribution >= 0.6 is 0 Å². The fourth-order valence-electron chi connectivity index (χ4n) is 2.49. The molecule has 0 radical (unpaired) electrons. The molecule has 5 nitrogen and oxygen atoms in total. The van der Waals surface area contributed by atoms with E-state index in [0.29, 0.717) is 13.1 Å². The Bertz CT molecular complexity index is 705. The van der Waals surface area contributed by atoms with Crippen LogP contribution in [-0.2, 0) is 11.3 Å². The number of aryl methyl sites for hydroxylation is 1. The maximum atomic E-state index is 12.5. The minimum Gasteiger partial charge on any atom is -0.395 e. The summed E-state index contributed by atoms with van der Waals surface area (Å²) in [6.45, 7) is 6.84. The molecule has 0 atom stereocenters. The molecule has 5 heteroatoms. The molecular formula is C19H25N3O2. The highest BCUT2D eigenvalue weighted by Crippen LogP contribution is 2.11. The van der Waals surface area contributed by atoms with Crippen LogP contribution in [0.4, 0.5) is 0 Å². The van der Waals surface area contributed by atoms with Crippen LogP contribution in [0.2, 0.25) is 0 Å². The second-order valence-electron chi connectivity index (χ2n) is 5.83. The van der Waals surface area contributed by atoms with Crippen LogP contribution in [0.1, 0.15) is 22.5 Å². The molecule has 1 N–H and O–H groups in total. The molecular weight excluding hydrogens is 302 g/mol. The Morgan fingerprint density at radius 2 is 1.96 bits per heavy atom. The molecule has 0 unspecified atom stereocenters. The second-order valence-corrected chi connectivity index (χ2v) is 5.83. The number of rotatable bonds is 7. The van der Waals surface area contributed by atoms with Crippen LogP contribution < -0.4 is 0 Å². The van der Waals surface area contributed by atoms with Crippen LogP contribution in [0.3, 0.4) is 0 Å². The molecule has 128 valence electrons. The lowest BCUT2D eigenvalue weighted by molar-refractivity contribution is -0.132. The van der Waals surface area contributed by atoms with E-state index in [4.69, 9.17) is 0 Å². The molecule has 2 rings (SSSR count). The maximum absolute atomic E-state index is 12.5. The van der Waals surface area contributed by atoms with Gasteiger partial charge in [0.15, 0.2) is 0 Å². The molecule has 0 aliphatic carbocycles. The van der Waals surface area contributed by atoms with E-state index in [9.17, 15) is 9.90 Å². The third-order valence-electron chi connectivity index (χ3n) is 4.19. The van der Waals surface area contributed by atoms with Gasteiger partial charge < -0.3 is 10.0 Å². The Morgan fingerprint density at radius 3 is 2.54 bits per heavy atom. The number of hydrogen-bond acceptors (Lipinski definition) is 3. The number of hydrogen-bond donors (Lipinski definition) is 1. The number of nitrogens with zero attached hydrogens (tertiary/aromatic N) is 3. The standard InChI is InChI=1S/C19H25N3O2/c1-15-16(2)20-22(17(15)3)14-19(24)21(12-13-23)11-7-10-18-8-5-4-6-9-18/h4-10,23H,11-14H2,1-3H3/b10-7+. The second kappa shape index (κ2) is 8.45. The number of aliphatic hydroxyl groups excluding tert-OH is 1. The van der Waals surface area contributed by atoms with Crippen molar-refractivity contribution in [3.8, 4) is 0 Å². The average Bonchev–Trinajstić information content (AvgIpc) is 2.82. The van der Waals surface area contributed by atoms with E-state index < -0.39 is 0 Å². The Morgan fingerprint density at radius 1 is 1.25 bits per heavy atom. The highest BCUT2D eigenvalue weighted by atomic mass is 16.3. The van der Waals surface area contributed by atoms with Gasteiger partial charge in [0.25, 0.3) is 0 Å². The number of aromatic nitrogens is 2. The Labute approximate surface area is 143 Å². The Hall–Kier alpha value is -2.40. The molecule has 1 heterocycles. The highest BCUT2D eigenvalue weighted by molar-refractivity contribution is 5.76. The van der Waals surface area contributed by atoms with Crippen molar-refractivity contribution in [1.82, 2.24) is 14.7 Å². The van der Waals surface area contributed by atoms with Gasteiger partial charge in [-0.15, -0.1) is 0 Å². The van der Waals surface area contributed by atoms with Gasteiger partial charge in [0.2, 0.25) is 5.91 Å². The molecule has 2 aromatic rings.